The number of esters is 1. The first-order valence-electron chi connectivity index (χ1n) is 5.91. The number of carbonyl (C=O) groups is 1. The Balaban J connectivity index is 1.84. The quantitative estimate of drug-likeness (QED) is 0.807. The van der Waals surface area contributed by atoms with Gasteiger partial charge in [-0.25, -0.2) is 4.63 Å². The summed E-state index contributed by atoms with van der Waals surface area (Å²) in [5, 5.41) is 7.31. The van der Waals surface area contributed by atoms with Crippen molar-refractivity contribution in [3.8, 4) is 0 Å². The first-order chi connectivity index (χ1) is 9.16. The molecule has 0 amide bonds. The molecule has 1 atom stereocenters. The molecule has 2 rings (SSSR count). The predicted octanol–water partition coefficient (Wildman–Crippen LogP) is 0.991. The molecule has 0 aliphatic rings. The topological polar surface area (TPSA) is 91.2 Å². The molecule has 0 spiro atoms. The molecular formula is C13H15N3O3. The van der Waals surface area contributed by atoms with E-state index in [4.69, 9.17) is 10.5 Å². The normalized spacial score (nSPS) is 12.1. The minimum absolute atomic E-state index is 0.212. The maximum absolute atomic E-state index is 11.7. The Morgan fingerprint density at radius 2 is 2.11 bits per heavy atom. The second-order valence-electron chi connectivity index (χ2n) is 4.20. The molecule has 0 fully saturated rings. The fraction of sp³-hybridized carbons (Fsp3) is 0.308. The summed E-state index contributed by atoms with van der Waals surface area (Å²) >= 11 is 0. The van der Waals surface area contributed by atoms with Gasteiger partial charge in [-0.3, -0.25) is 4.79 Å². The molecule has 0 bridgehead atoms. The lowest BCUT2D eigenvalue weighted by molar-refractivity contribution is -0.146. The van der Waals surface area contributed by atoms with E-state index in [2.05, 4.69) is 14.9 Å². The van der Waals surface area contributed by atoms with Crippen molar-refractivity contribution < 1.29 is 14.2 Å². The van der Waals surface area contributed by atoms with Gasteiger partial charge in [-0.1, -0.05) is 40.6 Å². The highest BCUT2D eigenvalue weighted by molar-refractivity contribution is 5.75. The Bertz CT molecular complexity index is 539. The molecule has 100 valence electrons. The SMILES string of the molecule is Cc1nonc1CC(N)C(=O)OCc1ccccc1. The second kappa shape index (κ2) is 6.10. The fourth-order valence-electron chi connectivity index (χ4n) is 1.56. The molecule has 0 aliphatic carbocycles. The zero-order chi connectivity index (χ0) is 13.7. The molecule has 1 heterocycles. The van der Waals surface area contributed by atoms with Crippen LogP contribution in [-0.4, -0.2) is 22.3 Å². The lowest BCUT2D eigenvalue weighted by atomic mass is 10.1. The number of aryl methyl sites for hydroxylation is 1. The Labute approximate surface area is 110 Å². The molecule has 1 aromatic heterocycles. The van der Waals surface area contributed by atoms with Crippen LogP contribution in [0.25, 0.3) is 0 Å². The summed E-state index contributed by atoms with van der Waals surface area (Å²) in [5.74, 6) is -0.466. The van der Waals surface area contributed by atoms with Crippen LogP contribution in [0.2, 0.25) is 0 Å². The van der Waals surface area contributed by atoms with Crippen molar-refractivity contribution in [2.24, 2.45) is 5.73 Å². The summed E-state index contributed by atoms with van der Waals surface area (Å²) < 4.78 is 9.68. The van der Waals surface area contributed by atoms with Crippen LogP contribution in [0.1, 0.15) is 17.0 Å². The lowest BCUT2D eigenvalue weighted by Gasteiger charge is -2.10. The number of aromatic nitrogens is 2. The van der Waals surface area contributed by atoms with Crippen LogP contribution in [0, 0.1) is 6.92 Å². The lowest BCUT2D eigenvalue weighted by Crippen LogP contribution is -2.34. The van der Waals surface area contributed by atoms with Crippen LogP contribution < -0.4 is 5.73 Å². The molecule has 6 nitrogen and oxygen atoms in total. The Morgan fingerprint density at radius 3 is 2.74 bits per heavy atom. The van der Waals surface area contributed by atoms with Gasteiger partial charge in [0.15, 0.2) is 0 Å². The van der Waals surface area contributed by atoms with E-state index in [0.717, 1.165) is 5.56 Å². The zero-order valence-corrected chi connectivity index (χ0v) is 10.6. The van der Waals surface area contributed by atoms with Gasteiger partial charge in [-0.2, -0.15) is 0 Å². The molecule has 0 saturated carbocycles. The maximum Gasteiger partial charge on any atom is 0.323 e. The third-order valence-electron chi connectivity index (χ3n) is 2.69. The summed E-state index contributed by atoms with van der Waals surface area (Å²) in [6, 6.07) is 8.65. The number of nitrogens with zero attached hydrogens (tertiary/aromatic N) is 2. The van der Waals surface area contributed by atoms with E-state index in [9.17, 15) is 4.79 Å². The van der Waals surface area contributed by atoms with Gasteiger partial charge in [0, 0.05) is 6.42 Å². The Morgan fingerprint density at radius 1 is 1.37 bits per heavy atom. The van der Waals surface area contributed by atoms with Gasteiger partial charge < -0.3 is 10.5 Å². The van der Waals surface area contributed by atoms with Crippen molar-refractivity contribution in [1.82, 2.24) is 10.3 Å². The van der Waals surface area contributed by atoms with Gasteiger partial charge in [0.05, 0.1) is 0 Å². The molecule has 1 aromatic carbocycles. The number of rotatable bonds is 5. The number of nitrogens with two attached hydrogens (primary N) is 1. The standard InChI is InChI=1S/C13H15N3O3/c1-9-12(16-19-15-9)7-11(14)13(17)18-8-10-5-3-2-4-6-10/h2-6,11H,7-8,14H2,1H3. The van der Waals surface area contributed by atoms with E-state index in [1.54, 1.807) is 6.92 Å². The van der Waals surface area contributed by atoms with Gasteiger partial charge in [-0.05, 0) is 12.5 Å². The fourth-order valence-corrected chi connectivity index (χ4v) is 1.56. The summed E-state index contributed by atoms with van der Waals surface area (Å²) in [4.78, 5) is 11.7. The average Bonchev–Trinajstić information content (AvgIpc) is 2.82. The zero-order valence-electron chi connectivity index (χ0n) is 10.6. The highest BCUT2D eigenvalue weighted by atomic mass is 16.6. The highest BCUT2D eigenvalue weighted by Gasteiger charge is 2.19. The Kier molecular flexibility index (Phi) is 4.25. The van der Waals surface area contributed by atoms with Gasteiger partial charge >= 0.3 is 5.97 Å². The van der Waals surface area contributed by atoms with Crippen LogP contribution >= 0.6 is 0 Å². The van der Waals surface area contributed by atoms with Crippen molar-refractivity contribution in [3.05, 3.63) is 47.3 Å². The van der Waals surface area contributed by atoms with Gasteiger partial charge in [0.25, 0.3) is 0 Å². The summed E-state index contributed by atoms with van der Waals surface area (Å²) in [5.41, 5.74) is 7.88. The van der Waals surface area contributed by atoms with E-state index in [-0.39, 0.29) is 13.0 Å². The van der Waals surface area contributed by atoms with Crippen molar-refractivity contribution in [2.75, 3.05) is 0 Å². The molecular weight excluding hydrogens is 246 g/mol. The number of hydrogen-bond donors (Lipinski definition) is 1. The number of hydrogen-bond acceptors (Lipinski definition) is 6. The molecule has 2 aromatic rings. The Hall–Kier alpha value is -2.21. The van der Waals surface area contributed by atoms with E-state index in [1.165, 1.54) is 0 Å². The monoisotopic (exact) mass is 261 g/mol. The van der Waals surface area contributed by atoms with Crippen molar-refractivity contribution in [3.63, 3.8) is 0 Å². The molecule has 19 heavy (non-hydrogen) atoms. The van der Waals surface area contributed by atoms with Gasteiger partial charge in [0.1, 0.15) is 24.0 Å². The van der Waals surface area contributed by atoms with Crippen molar-refractivity contribution in [1.29, 1.82) is 0 Å². The first-order valence-corrected chi connectivity index (χ1v) is 5.91. The van der Waals surface area contributed by atoms with Crippen molar-refractivity contribution in [2.45, 2.75) is 26.0 Å². The maximum atomic E-state index is 11.7. The van der Waals surface area contributed by atoms with E-state index >= 15 is 0 Å². The number of carbonyl (C=O) groups excluding carboxylic acids is 1. The number of benzene rings is 1. The minimum Gasteiger partial charge on any atom is -0.460 e. The molecule has 0 radical (unpaired) electrons. The molecule has 6 heteroatoms. The van der Waals surface area contributed by atoms with Crippen LogP contribution in [0.3, 0.4) is 0 Å². The summed E-state index contributed by atoms with van der Waals surface area (Å²) in [6.45, 7) is 1.96. The van der Waals surface area contributed by atoms with Crippen LogP contribution in [0.15, 0.2) is 35.0 Å². The summed E-state index contributed by atoms with van der Waals surface area (Å²) in [7, 11) is 0. The molecule has 2 N–H and O–H groups in total. The van der Waals surface area contributed by atoms with E-state index in [0.29, 0.717) is 11.4 Å². The van der Waals surface area contributed by atoms with E-state index < -0.39 is 12.0 Å². The predicted molar refractivity (Wildman–Crippen MR) is 67.0 cm³/mol. The smallest absolute Gasteiger partial charge is 0.323 e. The molecule has 0 aliphatic heterocycles. The minimum atomic E-state index is -0.769. The van der Waals surface area contributed by atoms with Crippen LogP contribution in [0.5, 0.6) is 0 Å². The third kappa shape index (κ3) is 3.62. The number of ether oxygens (including phenoxy) is 1. The van der Waals surface area contributed by atoms with Crippen LogP contribution in [-0.2, 0) is 22.6 Å². The third-order valence-corrected chi connectivity index (χ3v) is 2.69. The van der Waals surface area contributed by atoms with Crippen LogP contribution in [0.4, 0.5) is 0 Å². The molecule has 0 saturated heterocycles. The first kappa shape index (κ1) is 13.2. The summed E-state index contributed by atoms with van der Waals surface area (Å²) in [6.07, 6.45) is 0.253. The largest absolute Gasteiger partial charge is 0.460 e. The molecule has 1 unspecified atom stereocenters. The highest BCUT2D eigenvalue weighted by Crippen LogP contribution is 2.06. The van der Waals surface area contributed by atoms with Gasteiger partial charge in [-0.15, -0.1) is 0 Å². The van der Waals surface area contributed by atoms with Crippen molar-refractivity contribution >= 4 is 5.97 Å². The average molecular weight is 261 g/mol. The van der Waals surface area contributed by atoms with E-state index in [1.807, 2.05) is 30.3 Å². The van der Waals surface area contributed by atoms with Gasteiger partial charge in [0.2, 0.25) is 0 Å². The second-order valence-corrected chi connectivity index (χ2v) is 4.20.